The molecule has 33 heavy (non-hydrogen) atoms. The molecule has 2 aromatic heterocycles. The van der Waals surface area contributed by atoms with Gasteiger partial charge in [0.2, 0.25) is 5.78 Å². The third-order valence-electron chi connectivity index (χ3n) is 5.47. The van der Waals surface area contributed by atoms with Gasteiger partial charge >= 0.3 is 6.18 Å². The quantitative estimate of drug-likeness (QED) is 0.321. The predicted octanol–water partition coefficient (Wildman–Crippen LogP) is 5.97. The van der Waals surface area contributed by atoms with Gasteiger partial charge < -0.3 is 0 Å². The molecule has 0 atom stereocenters. The third-order valence-corrected chi connectivity index (χ3v) is 5.47. The van der Waals surface area contributed by atoms with Crippen LogP contribution in [0.25, 0.3) is 16.4 Å². The lowest BCUT2D eigenvalue weighted by atomic mass is 10.0. The van der Waals surface area contributed by atoms with Crippen molar-refractivity contribution in [3.05, 3.63) is 119 Å². The number of ketones is 2. The fourth-order valence-electron chi connectivity index (χ4n) is 3.90. The molecule has 162 valence electrons. The average Bonchev–Trinajstić information content (AvgIpc) is 3.23. The molecule has 3 aromatic carbocycles. The minimum absolute atomic E-state index is 0.0573. The Balaban J connectivity index is 1.75. The van der Waals surface area contributed by atoms with Crippen LogP contribution in [0.4, 0.5) is 13.2 Å². The van der Waals surface area contributed by atoms with Crippen molar-refractivity contribution in [2.24, 2.45) is 0 Å². The van der Waals surface area contributed by atoms with E-state index in [0.717, 1.165) is 12.1 Å². The molecule has 0 N–H and O–H groups in total. The number of carbonyl (C=O) groups is 2. The van der Waals surface area contributed by atoms with Gasteiger partial charge in [-0.1, -0.05) is 60.7 Å². The van der Waals surface area contributed by atoms with Crippen LogP contribution in [0, 0.1) is 0 Å². The van der Waals surface area contributed by atoms with Gasteiger partial charge in [0.25, 0.3) is 0 Å². The first kappa shape index (κ1) is 20.6. The number of carbonyl (C=O) groups excluding carboxylic acids is 2. The van der Waals surface area contributed by atoms with E-state index in [-0.39, 0.29) is 22.6 Å². The molecule has 0 bridgehead atoms. The number of para-hydroxylation sites is 1. The van der Waals surface area contributed by atoms with Crippen molar-refractivity contribution in [2.75, 3.05) is 0 Å². The summed E-state index contributed by atoms with van der Waals surface area (Å²) in [4.78, 5) is 31.1. The van der Waals surface area contributed by atoms with Crippen LogP contribution < -0.4 is 0 Å². The highest BCUT2D eigenvalue weighted by molar-refractivity contribution is 6.20. The zero-order valence-corrected chi connectivity index (χ0v) is 17.0. The molecule has 0 amide bonds. The second kappa shape index (κ2) is 7.70. The number of alkyl halides is 3. The molecule has 4 nitrogen and oxygen atoms in total. The minimum atomic E-state index is -4.58. The van der Waals surface area contributed by atoms with Crippen molar-refractivity contribution >= 4 is 28.0 Å². The lowest BCUT2D eigenvalue weighted by Gasteiger charge is -2.09. The summed E-state index contributed by atoms with van der Waals surface area (Å²) in [6.07, 6.45) is -3.16. The van der Waals surface area contributed by atoms with Crippen molar-refractivity contribution in [2.45, 2.75) is 6.18 Å². The maximum absolute atomic E-state index is 13.4. The molecule has 2 heterocycles. The molecule has 0 aliphatic carbocycles. The first-order valence-electron chi connectivity index (χ1n) is 10.0. The Labute approximate surface area is 185 Å². The van der Waals surface area contributed by atoms with Gasteiger partial charge in [0.05, 0.1) is 22.3 Å². The molecule has 0 saturated carbocycles. The van der Waals surface area contributed by atoms with Gasteiger partial charge in [0.15, 0.2) is 5.78 Å². The van der Waals surface area contributed by atoms with Crippen LogP contribution in [0.5, 0.6) is 0 Å². The highest BCUT2D eigenvalue weighted by Gasteiger charge is 2.31. The first-order valence-corrected chi connectivity index (χ1v) is 10.0. The van der Waals surface area contributed by atoms with E-state index in [0.29, 0.717) is 22.0 Å². The molecule has 0 aliphatic rings. The minimum Gasteiger partial charge on any atom is -0.296 e. The van der Waals surface area contributed by atoms with Gasteiger partial charge in [-0.15, -0.1) is 0 Å². The van der Waals surface area contributed by atoms with E-state index in [1.165, 1.54) is 28.9 Å². The molecular formula is C26H15F3N2O2. The third kappa shape index (κ3) is 3.57. The van der Waals surface area contributed by atoms with Gasteiger partial charge in [0, 0.05) is 22.1 Å². The Morgan fingerprint density at radius 1 is 0.758 bits per heavy atom. The zero-order chi connectivity index (χ0) is 23.2. The van der Waals surface area contributed by atoms with Crippen molar-refractivity contribution in [3.63, 3.8) is 0 Å². The zero-order valence-electron chi connectivity index (χ0n) is 17.0. The summed E-state index contributed by atoms with van der Waals surface area (Å²) in [6, 6.07) is 21.4. The number of aromatic nitrogens is 2. The number of nitrogens with zero attached hydrogens (tertiary/aromatic N) is 2. The number of hydrogen-bond donors (Lipinski definition) is 0. The smallest absolute Gasteiger partial charge is 0.296 e. The molecule has 0 spiro atoms. The molecular weight excluding hydrogens is 429 g/mol. The van der Waals surface area contributed by atoms with Crippen LogP contribution in [0.15, 0.2) is 91.3 Å². The van der Waals surface area contributed by atoms with Crippen LogP contribution in [0.2, 0.25) is 0 Å². The second-order valence-electron chi connectivity index (χ2n) is 7.53. The van der Waals surface area contributed by atoms with E-state index >= 15 is 0 Å². The molecule has 5 aromatic rings. The van der Waals surface area contributed by atoms with E-state index in [1.807, 2.05) is 6.07 Å². The van der Waals surface area contributed by atoms with E-state index in [4.69, 9.17) is 0 Å². The number of rotatable bonds is 4. The molecule has 0 radical (unpaired) electrons. The summed E-state index contributed by atoms with van der Waals surface area (Å²) in [7, 11) is 0. The van der Waals surface area contributed by atoms with E-state index in [9.17, 15) is 22.8 Å². The highest BCUT2D eigenvalue weighted by Crippen LogP contribution is 2.31. The fourth-order valence-corrected chi connectivity index (χ4v) is 3.90. The van der Waals surface area contributed by atoms with Crippen LogP contribution in [0.1, 0.15) is 37.5 Å². The normalized spacial score (nSPS) is 11.7. The number of fused-ring (bicyclic) bond motifs is 3. The Morgan fingerprint density at radius 2 is 1.45 bits per heavy atom. The largest absolute Gasteiger partial charge is 0.416 e. The number of hydrogen-bond acceptors (Lipinski definition) is 3. The number of benzene rings is 3. The first-order chi connectivity index (χ1) is 15.8. The number of halogens is 3. The van der Waals surface area contributed by atoms with E-state index in [1.54, 1.807) is 48.5 Å². The predicted molar refractivity (Wildman–Crippen MR) is 117 cm³/mol. The van der Waals surface area contributed by atoms with Crippen LogP contribution in [0.3, 0.4) is 0 Å². The van der Waals surface area contributed by atoms with Crippen molar-refractivity contribution in [1.29, 1.82) is 0 Å². The topological polar surface area (TPSA) is 51.4 Å². The lowest BCUT2D eigenvalue weighted by molar-refractivity contribution is -0.137. The monoisotopic (exact) mass is 444 g/mol. The Morgan fingerprint density at radius 3 is 2.21 bits per heavy atom. The summed E-state index contributed by atoms with van der Waals surface area (Å²) >= 11 is 0. The second-order valence-corrected chi connectivity index (χ2v) is 7.53. The molecule has 0 unspecified atom stereocenters. The SMILES string of the molecule is O=C(c1ccccc1)c1cc(C(=O)c2cccc(C(F)(F)F)c2)n2cnc3ccccc3c12. The summed E-state index contributed by atoms with van der Waals surface area (Å²) in [5, 5.41) is 0.655. The Hall–Kier alpha value is -4.26. The van der Waals surface area contributed by atoms with E-state index < -0.39 is 17.5 Å². The average molecular weight is 444 g/mol. The van der Waals surface area contributed by atoms with E-state index in [2.05, 4.69) is 4.98 Å². The highest BCUT2D eigenvalue weighted by atomic mass is 19.4. The van der Waals surface area contributed by atoms with Gasteiger partial charge in [-0.05, 0) is 24.3 Å². The molecule has 7 heteroatoms. The Bertz CT molecular complexity index is 1540. The Kier molecular flexibility index (Phi) is 4.82. The summed E-state index contributed by atoms with van der Waals surface area (Å²) in [5.41, 5.74) is 0.823. The van der Waals surface area contributed by atoms with Crippen LogP contribution in [-0.4, -0.2) is 21.0 Å². The van der Waals surface area contributed by atoms with Gasteiger partial charge in [-0.3, -0.25) is 14.0 Å². The molecule has 5 rings (SSSR count). The molecule has 0 aliphatic heterocycles. The van der Waals surface area contributed by atoms with Crippen molar-refractivity contribution in [3.8, 4) is 0 Å². The van der Waals surface area contributed by atoms with Crippen LogP contribution in [-0.2, 0) is 6.18 Å². The maximum atomic E-state index is 13.4. The van der Waals surface area contributed by atoms with Crippen LogP contribution >= 0.6 is 0 Å². The van der Waals surface area contributed by atoms with Crippen molar-refractivity contribution < 1.29 is 22.8 Å². The van der Waals surface area contributed by atoms with Gasteiger partial charge in [-0.25, -0.2) is 4.98 Å². The maximum Gasteiger partial charge on any atom is 0.416 e. The molecule has 0 fully saturated rings. The van der Waals surface area contributed by atoms with Gasteiger partial charge in [0.1, 0.15) is 6.33 Å². The summed E-state index contributed by atoms with van der Waals surface area (Å²) in [6.45, 7) is 0. The lowest BCUT2D eigenvalue weighted by Crippen LogP contribution is -2.09. The summed E-state index contributed by atoms with van der Waals surface area (Å²) < 4.78 is 41.0. The standard InChI is InChI=1S/C26H15F3N2O2/c27-26(28,29)18-10-6-9-17(13-18)25(33)22-14-20(24(32)16-7-2-1-3-8-16)23-19-11-4-5-12-21(19)30-15-31(22)23/h1-15H. The summed E-state index contributed by atoms with van der Waals surface area (Å²) in [5.74, 6) is -0.937. The van der Waals surface area contributed by atoms with Crippen molar-refractivity contribution in [1.82, 2.24) is 9.38 Å². The molecule has 0 saturated heterocycles. The van der Waals surface area contributed by atoms with Gasteiger partial charge in [-0.2, -0.15) is 13.2 Å². The fraction of sp³-hybridized carbons (Fsp3) is 0.0385.